The van der Waals surface area contributed by atoms with Crippen molar-refractivity contribution in [2.45, 2.75) is 32.8 Å². The first-order valence-corrected chi connectivity index (χ1v) is 11.8. The summed E-state index contributed by atoms with van der Waals surface area (Å²) in [6.45, 7) is 11.0. The number of benzene rings is 1. The molecule has 0 saturated carbocycles. The fourth-order valence-corrected chi connectivity index (χ4v) is 5.08. The zero-order valence-corrected chi connectivity index (χ0v) is 19.5. The molecule has 0 aliphatic carbocycles. The molecule has 4 rings (SSSR count). The molecule has 6 nitrogen and oxygen atoms in total. The number of rotatable bonds is 7. The lowest BCUT2D eigenvalue weighted by Crippen LogP contribution is -2.47. The first-order valence-electron chi connectivity index (χ1n) is 11.8. The van der Waals surface area contributed by atoms with Crippen LogP contribution < -0.4 is 4.90 Å². The van der Waals surface area contributed by atoms with Gasteiger partial charge in [-0.3, -0.25) is 9.69 Å². The highest BCUT2D eigenvalue weighted by atomic mass is 19.1. The summed E-state index contributed by atoms with van der Waals surface area (Å²) in [7, 11) is 2.01. The number of halogens is 1. The number of carbonyl (C=O) groups excluding carboxylic acids is 1. The third-order valence-electron chi connectivity index (χ3n) is 6.72. The van der Waals surface area contributed by atoms with Crippen LogP contribution in [0.15, 0.2) is 30.5 Å². The molecule has 2 aliphatic rings. The van der Waals surface area contributed by atoms with Crippen LogP contribution in [0.4, 0.5) is 10.1 Å². The summed E-state index contributed by atoms with van der Waals surface area (Å²) in [6.07, 6.45) is 3.81. The van der Waals surface area contributed by atoms with Gasteiger partial charge in [0.25, 0.3) is 5.91 Å². The van der Waals surface area contributed by atoms with Crippen molar-refractivity contribution in [3.05, 3.63) is 53.1 Å². The van der Waals surface area contributed by atoms with Gasteiger partial charge in [-0.05, 0) is 63.1 Å². The van der Waals surface area contributed by atoms with Crippen LogP contribution in [0, 0.1) is 12.7 Å². The van der Waals surface area contributed by atoms with Crippen LogP contribution in [0.3, 0.4) is 0 Å². The van der Waals surface area contributed by atoms with Gasteiger partial charge in [0, 0.05) is 64.8 Å². The minimum Gasteiger partial charge on any atom is -0.372 e. The molecule has 3 heterocycles. The molecule has 1 unspecified atom stereocenters. The Hall–Kier alpha value is -2.38. The van der Waals surface area contributed by atoms with Crippen molar-refractivity contribution in [1.29, 1.82) is 0 Å². The molecule has 0 radical (unpaired) electrons. The summed E-state index contributed by atoms with van der Waals surface area (Å²) in [5.41, 5.74) is 3.96. The van der Waals surface area contributed by atoms with Gasteiger partial charge in [-0.1, -0.05) is 0 Å². The number of fused-ring (bicyclic) bond motifs is 1. The van der Waals surface area contributed by atoms with Gasteiger partial charge in [0.15, 0.2) is 0 Å². The van der Waals surface area contributed by atoms with Gasteiger partial charge in [-0.15, -0.1) is 0 Å². The number of nitrogens with zero attached hydrogens (tertiary/aromatic N) is 4. The Morgan fingerprint density at radius 3 is 2.47 bits per heavy atom. The largest absolute Gasteiger partial charge is 0.372 e. The van der Waals surface area contributed by atoms with Crippen molar-refractivity contribution in [1.82, 2.24) is 14.4 Å². The van der Waals surface area contributed by atoms with Crippen LogP contribution in [0.25, 0.3) is 0 Å². The number of piperazine rings is 1. The molecule has 0 bridgehead atoms. The van der Waals surface area contributed by atoms with Crippen LogP contribution in [0.1, 0.15) is 47.5 Å². The monoisotopic (exact) mass is 442 g/mol. The van der Waals surface area contributed by atoms with Gasteiger partial charge in [-0.2, -0.15) is 0 Å². The third kappa shape index (κ3) is 4.84. The molecule has 1 amide bonds. The van der Waals surface area contributed by atoms with Gasteiger partial charge in [0.05, 0.1) is 17.4 Å². The van der Waals surface area contributed by atoms with Crippen molar-refractivity contribution in [2.24, 2.45) is 7.05 Å². The molecule has 174 valence electrons. The second-order valence-corrected chi connectivity index (χ2v) is 8.87. The molecular weight excluding hydrogens is 407 g/mol. The summed E-state index contributed by atoms with van der Waals surface area (Å²) in [5.74, 6) is -0.0535. The van der Waals surface area contributed by atoms with E-state index < -0.39 is 0 Å². The number of carbonyl (C=O) groups is 1. The number of amides is 1. The highest BCUT2D eigenvalue weighted by Gasteiger charge is 2.32. The van der Waals surface area contributed by atoms with Crippen LogP contribution >= 0.6 is 0 Å². The quantitative estimate of drug-likeness (QED) is 0.657. The van der Waals surface area contributed by atoms with Gasteiger partial charge >= 0.3 is 0 Å². The Labute approximate surface area is 190 Å². The van der Waals surface area contributed by atoms with Crippen molar-refractivity contribution in [2.75, 3.05) is 57.3 Å². The minimum atomic E-state index is -0.194. The summed E-state index contributed by atoms with van der Waals surface area (Å²) >= 11 is 0. The van der Waals surface area contributed by atoms with E-state index in [0.717, 1.165) is 81.2 Å². The maximum Gasteiger partial charge on any atom is 0.256 e. The normalized spacial score (nSPS) is 19.9. The van der Waals surface area contributed by atoms with Crippen molar-refractivity contribution in [3.8, 4) is 0 Å². The summed E-state index contributed by atoms with van der Waals surface area (Å²) in [5, 5.41) is 0. The Morgan fingerprint density at radius 2 is 1.78 bits per heavy atom. The lowest BCUT2D eigenvalue weighted by Gasteiger charge is -2.36. The van der Waals surface area contributed by atoms with E-state index in [1.54, 1.807) is 0 Å². The highest BCUT2D eigenvalue weighted by molar-refractivity contribution is 5.97. The highest BCUT2D eigenvalue weighted by Crippen LogP contribution is 2.32. The molecule has 2 aromatic rings. The molecule has 2 aliphatic heterocycles. The topological polar surface area (TPSA) is 41.0 Å². The number of anilines is 1. The molecular formula is C25H35FN4O2. The van der Waals surface area contributed by atoms with E-state index in [1.165, 1.54) is 12.1 Å². The molecule has 1 saturated heterocycles. The van der Waals surface area contributed by atoms with Crippen LogP contribution in [-0.2, 0) is 11.8 Å². The molecule has 7 heteroatoms. The van der Waals surface area contributed by atoms with E-state index in [2.05, 4.69) is 14.4 Å². The van der Waals surface area contributed by atoms with Gasteiger partial charge in [0.2, 0.25) is 0 Å². The standard InChI is InChI=1S/C25H35FN4O2/c1-4-32-22-10-13-30(25(31)23-19(2)18-27(3)24(22)23)12-5-11-28-14-16-29(17-15-28)21-8-6-20(26)7-9-21/h6-9,18,22H,4-5,10-17H2,1-3H3. The molecule has 1 aromatic heterocycles. The van der Waals surface area contributed by atoms with E-state index in [9.17, 15) is 9.18 Å². The van der Waals surface area contributed by atoms with Crippen LogP contribution in [0.2, 0.25) is 0 Å². The molecule has 32 heavy (non-hydrogen) atoms. The van der Waals surface area contributed by atoms with Gasteiger partial charge in [0.1, 0.15) is 5.82 Å². The number of hydrogen-bond donors (Lipinski definition) is 0. The van der Waals surface area contributed by atoms with Crippen LogP contribution in [-0.4, -0.2) is 72.7 Å². The first-order chi connectivity index (χ1) is 15.5. The lowest BCUT2D eigenvalue weighted by molar-refractivity contribution is 0.0461. The molecule has 0 spiro atoms. The van der Waals surface area contributed by atoms with Crippen LogP contribution in [0.5, 0.6) is 0 Å². The Kier molecular flexibility index (Phi) is 7.16. The average Bonchev–Trinajstić information content (AvgIpc) is 3.01. The van der Waals surface area contributed by atoms with Crippen molar-refractivity contribution in [3.63, 3.8) is 0 Å². The predicted molar refractivity (Wildman–Crippen MR) is 125 cm³/mol. The molecule has 0 N–H and O–H groups in total. The maximum absolute atomic E-state index is 13.3. The molecule has 1 aromatic carbocycles. The number of aromatic nitrogens is 1. The number of hydrogen-bond acceptors (Lipinski definition) is 4. The number of aryl methyl sites for hydroxylation is 2. The summed E-state index contributed by atoms with van der Waals surface area (Å²) in [6, 6.07) is 6.75. The zero-order valence-electron chi connectivity index (χ0n) is 19.5. The van der Waals surface area contributed by atoms with E-state index in [-0.39, 0.29) is 17.8 Å². The zero-order chi connectivity index (χ0) is 22.7. The summed E-state index contributed by atoms with van der Waals surface area (Å²) in [4.78, 5) is 20.1. The second kappa shape index (κ2) is 10.0. The smallest absolute Gasteiger partial charge is 0.256 e. The Balaban J connectivity index is 1.30. The van der Waals surface area contributed by atoms with Gasteiger partial charge < -0.3 is 19.1 Å². The molecule has 1 atom stereocenters. The first kappa shape index (κ1) is 22.8. The second-order valence-electron chi connectivity index (χ2n) is 8.87. The fraction of sp³-hybridized carbons (Fsp3) is 0.560. The molecule has 1 fully saturated rings. The number of ether oxygens (including phenoxy) is 1. The SMILES string of the molecule is CCOC1CCN(CCCN2CCN(c3ccc(F)cc3)CC2)C(=O)c2c(C)cn(C)c21. The van der Waals surface area contributed by atoms with E-state index in [4.69, 9.17) is 4.74 Å². The Bertz CT molecular complexity index is 919. The minimum absolute atomic E-state index is 0.0258. The van der Waals surface area contributed by atoms with E-state index in [1.807, 2.05) is 44.1 Å². The lowest BCUT2D eigenvalue weighted by atomic mass is 10.1. The van der Waals surface area contributed by atoms with Crippen molar-refractivity contribution >= 4 is 11.6 Å². The van der Waals surface area contributed by atoms with Crippen molar-refractivity contribution < 1.29 is 13.9 Å². The predicted octanol–water partition coefficient (Wildman–Crippen LogP) is 3.61. The maximum atomic E-state index is 13.3. The van der Waals surface area contributed by atoms with E-state index >= 15 is 0 Å². The van der Waals surface area contributed by atoms with E-state index in [0.29, 0.717) is 6.61 Å². The third-order valence-corrected chi connectivity index (χ3v) is 6.72. The van der Waals surface area contributed by atoms with Gasteiger partial charge in [-0.25, -0.2) is 4.39 Å². The summed E-state index contributed by atoms with van der Waals surface area (Å²) < 4.78 is 21.2. The fourth-order valence-electron chi connectivity index (χ4n) is 5.08. The Morgan fingerprint density at radius 1 is 1.06 bits per heavy atom. The average molecular weight is 443 g/mol.